The number of hydrogen-bond acceptors (Lipinski definition) is 7. The number of carbonyl (C=O) groups excluding carboxylic acids is 1. The van der Waals surface area contributed by atoms with Crippen LogP contribution in [0.2, 0.25) is 0 Å². The molecule has 4 rings (SSSR count). The molecule has 0 spiro atoms. The standard InChI is InChI=1S/C21H23N3O3S2/c1-26-16-4-6-19-18(15-16)22-21(29-19)24(9-8-23-10-12-27-13-11-23)20(25)7-5-17-3-2-14-28-17/h2-7,14-15H,8-13H2,1H3. The summed E-state index contributed by atoms with van der Waals surface area (Å²) in [7, 11) is 1.64. The molecule has 152 valence electrons. The number of benzene rings is 1. The van der Waals surface area contributed by atoms with E-state index in [1.54, 1.807) is 29.4 Å². The van der Waals surface area contributed by atoms with Crippen molar-refractivity contribution in [2.75, 3.05) is 51.4 Å². The molecule has 29 heavy (non-hydrogen) atoms. The van der Waals surface area contributed by atoms with Crippen molar-refractivity contribution in [3.63, 3.8) is 0 Å². The highest BCUT2D eigenvalue weighted by Gasteiger charge is 2.20. The molecule has 1 amide bonds. The number of anilines is 1. The number of ether oxygens (including phenoxy) is 2. The van der Waals surface area contributed by atoms with Crippen molar-refractivity contribution in [2.24, 2.45) is 0 Å². The lowest BCUT2D eigenvalue weighted by Gasteiger charge is -2.28. The monoisotopic (exact) mass is 429 g/mol. The number of aromatic nitrogens is 1. The highest BCUT2D eigenvalue weighted by Crippen LogP contribution is 2.31. The molecule has 1 saturated heterocycles. The molecular weight excluding hydrogens is 406 g/mol. The van der Waals surface area contributed by atoms with E-state index < -0.39 is 0 Å². The first-order valence-electron chi connectivity index (χ1n) is 9.51. The van der Waals surface area contributed by atoms with E-state index in [9.17, 15) is 4.79 Å². The van der Waals surface area contributed by atoms with Gasteiger partial charge in [0.25, 0.3) is 5.91 Å². The van der Waals surface area contributed by atoms with Crippen LogP contribution in [-0.2, 0) is 9.53 Å². The van der Waals surface area contributed by atoms with Crippen molar-refractivity contribution in [1.82, 2.24) is 9.88 Å². The quantitative estimate of drug-likeness (QED) is 0.536. The van der Waals surface area contributed by atoms with Gasteiger partial charge < -0.3 is 9.47 Å². The Kier molecular flexibility index (Phi) is 6.56. The highest BCUT2D eigenvalue weighted by atomic mass is 32.1. The van der Waals surface area contributed by atoms with Gasteiger partial charge in [0.1, 0.15) is 5.75 Å². The van der Waals surface area contributed by atoms with Gasteiger partial charge in [-0.3, -0.25) is 14.6 Å². The van der Waals surface area contributed by atoms with Crippen LogP contribution < -0.4 is 9.64 Å². The van der Waals surface area contributed by atoms with Crippen molar-refractivity contribution in [2.45, 2.75) is 0 Å². The number of methoxy groups -OCH3 is 1. The molecule has 8 heteroatoms. The molecule has 0 unspecified atom stereocenters. The maximum absolute atomic E-state index is 13.1. The van der Waals surface area contributed by atoms with Crippen molar-refractivity contribution < 1.29 is 14.3 Å². The van der Waals surface area contributed by atoms with Crippen LogP contribution in [0.15, 0.2) is 41.8 Å². The van der Waals surface area contributed by atoms with Crippen LogP contribution in [0.3, 0.4) is 0 Å². The lowest BCUT2D eigenvalue weighted by molar-refractivity contribution is -0.114. The van der Waals surface area contributed by atoms with E-state index >= 15 is 0 Å². The zero-order valence-electron chi connectivity index (χ0n) is 16.2. The van der Waals surface area contributed by atoms with Crippen molar-refractivity contribution in [3.05, 3.63) is 46.7 Å². The Hall–Kier alpha value is -2.26. The third-order valence-electron chi connectivity index (χ3n) is 4.76. The number of hydrogen-bond donors (Lipinski definition) is 0. The number of thiophene rings is 1. The van der Waals surface area contributed by atoms with Crippen molar-refractivity contribution >= 4 is 50.0 Å². The molecular formula is C21H23N3O3S2. The summed E-state index contributed by atoms with van der Waals surface area (Å²) in [5, 5.41) is 2.71. The fourth-order valence-corrected chi connectivity index (χ4v) is 4.73. The van der Waals surface area contributed by atoms with Gasteiger partial charge in [-0.2, -0.15) is 0 Å². The van der Waals surface area contributed by atoms with Crippen LogP contribution >= 0.6 is 22.7 Å². The number of rotatable bonds is 7. The van der Waals surface area contributed by atoms with E-state index in [1.807, 2.05) is 41.8 Å². The van der Waals surface area contributed by atoms with Crippen LogP contribution in [-0.4, -0.2) is 62.3 Å². The number of morpholine rings is 1. The second-order valence-electron chi connectivity index (χ2n) is 6.62. The molecule has 0 aliphatic carbocycles. The number of thiazole rings is 1. The van der Waals surface area contributed by atoms with Gasteiger partial charge in [0.15, 0.2) is 5.13 Å². The predicted molar refractivity (Wildman–Crippen MR) is 119 cm³/mol. The largest absolute Gasteiger partial charge is 0.497 e. The van der Waals surface area contributed by atoms with Gasteiger partial charge in [-0.1, -0.05) is 17.4 Å². The summed E-state index contributed by atoms with van der Waals surface area (Å²) in [5.41, 5.74) is 0.843. The average Bonchev–Trinajstić information content (AvgIpc) is 3.42. The van der Waals surface area contributed by atoms with Crippen LogP contribution in [0.5, 0.6) is 5.75 Å². The van der Waals surface area contributed by atoms with Gasteiger partial charge in [0.2, 0.25) is 0 Å². The van der Waals surface area contributed by atoms with Crippen LogP contribution in [0.4, 0.5) is 5.13 Å². The molecule has 3 aromatic rings. The summed E-state index contributed by atoms with van der Waals surface area (Å²) in [5.74, 6) is 0.704. The minimum absolute atomic E-state index is 0.0577. The van der Waals surface area contributed by atoms with E-state index in [2.05, 4.69) is 4.90 Å². The molecule has 0 bridgehead atoms. The van der Waals surface area contributed by atoms with Gasteiger partial charge in [-0.15, -0.1) is 11.3 Å². The van der Waals surface area contributed by atoms with E-state index in [0.717, 1.165) is 53.7 Å². The summed E-state index contributed by atoms with van der Waals surface area (Å²) in [6.45, 7) is 4.65. The van der Waals surface area contributed by atoms with Gasteiger partial charge in [-0.25, -0.2) is 4.98 Å². The summed E-state index contributed by atoms with van der Waals surface area (Å²) in [6.07, 6.45) is 3.50. The Balaban J connectivity index is 1.57. The van der Waals surface area contributed by atoms with Gasteiger partial charge in [-0.05, 0) is 29.7 Å². The maximum Gasteiger partial charge on any atom is 0.252 e. The molecule has 0 radical (unpaired) electrons. The predicted octanol–water partition coefficient (Wildman–Crippen LogP) is 3.75. The Morgan fingerprint density at radius 2 is 2.21 bits per heavy atom. The molecule has 0 saturated carbocycles. The Bertz CT molecular complexity index is 978. The number of fused-ring (bicyclic) bond motifs is 1. The summed E-state index contributed by atoms with van der Waals surface area (Å²) >= 11 is 3.14. The van der Waals surface area contributed by atoms with Crippen LogP contribution in [0, 0.1) is 0 Å². The number of amides is 1. The SMILES string of the molecule is COc1ccc2sc(N(CCN3CCOCC3)C(=O)C=Cc3cccs3)nc2c1. The number of carbonyl (C=O) groups is 1. The average molecular weight is 430 g/mol. The van der Waals surface area contributed by atoms with Gasteiger partial charge in [0.05, 0.1) is 30.5 Å². The van der Waals surface area contributed by atoms with Crippen molar-refractivity contribution in [3.8, 4) is 5.75 Å². The van der Waals surface area contributed by atoms with E-state index in [4.69, 9.17) is 14.5 Å². The molecule has 6 nitrogen and oxygen atoms in total. The number of nitrogens with zero attached hydrogens (tertiary/aromatic N) is 3. The van der Waals surface area contributed by atoms with Gasteiger partial charge in [0, 0.05) is 43.2 Å². The first kappa shape index (κ1) is 20.0. The fourth-order valence-electron chi connectivity index (χ4n) is 3.13. The normalized spacial score (nSPS) is 15.2. The maximum atomic E-state index is 13.1. The first-order valence-corrected chi connectivity index (χ1v) is 11.2. The second kappa shape index (κ2) is 9.49. The second-order valence-corrected chi connectivity index (χ2v) is 8.61. The minimum atomic E-state index is -0.0577. The third kappa shape index (κ3) is 5.02. The molecule has 0 atom stereocenters. The minimum Gasteiger partial charge on any atom is -0.497 e. The summed E-state index contributed by atoms with van der Waals surface area (Å²) < 4.78 is 11.8. The fraction of sp³-hybridized carbons (Fsp3) is 0.333. The summed E-state index contributed by atoms with van der Waals surface area (Å²) in [4.78, 5) is 22.9. The lowest BCUT2D eigenvalue weighted by Crippen LogP contribution is -2.42. The first-order chi connectivity index (χ1) is 14.2. The van der Waals surface area contributed by atoms with Crippen LogP contribution in [0.25, 0.3) is 16.3 Å². The van der Waals surface area contributed by atoms with E-state index in [-0.39, 0.29) is 5.91 Å². The van der Waals surface area contributed by atoms with Crippen molar-refractivity contribution in [1.29, 1.82) is 0 Å². The molecule has 1 fully saturated rings. The molecule has 1 aliphatic heterocycles. The topological polar surface area (TPSA) is 54.9 Å². The van der Waals surface area contributed by atoms with E-state index in [1.165, 1.54) is 11.3 Å². The Morgan fingerprint density at radius 1 is 1.34 bits per heavy atom. The Labute approximate surface area is 178 Å². The Morgan fingerprint density at radius 3 is 2.97 bits per heavy atom. The zero-order chi connectivity index (χ0) is 20.1. The van der Waals surface area contributed by atoms with E-state index in [0.29, 0.717) is 11.7 Å². The molecule has 3 heterocycles. The smallest absolute Gasteiger partial charge is 0.252 e. The third-order valence-corrected chi connectivity index (χ3v) is 6.65. The molecule has 2 aromatic heterocycles. The highest BCUT2D eigenvalue weighted by molar-refractivity contribution is 7.22. The summed E-state index contributed by atoms with van der Waals surface area (Å²) in [6, 6.07) is 9.78. The lowest BCUT2D eigenvalue weighted by atomic mass is 10.3. The molecule has 0 N–H and O–H groups in total. The molecule has 1 aliphatic rings. The van der Waals surface area contributed by atoms with Crippen LogP contribution in [0.1, 0.15) is 4.88 Å². The van der Waals surface area contributed by atoms with Gasteiger partial charge >= 0.3 is 0 Å². The molecule has 1 aromatic carbocycles. The zero-order valence-corrected chi connectivity index (χ0v) is 17.9.